The van der Waals surface area contributed by atoms with Crippen LogP contribution in [0.2, 0.25) is 0 Å². The number of primary amides is 1. The molecule has 0 saturated carbocycles. The Hall–Kier alpha value is -4.46. The SMILES string of the molecule is CC(NC(=O)C(CC(N)=O)NC(=O)C(CC(=O)O)NC(=O)C(N)Cc1c[nH]c2ccccc12)C(=O)O. The number of nitrogens with two attached hydrogens (primary N) is 2. The van der Waals surface area contributed by atoms with Crippen LogP contribution in [0.1, 0.15) is 25.3 Å². The quantitative estimate of drug-likeness (QED) is 0.149. The largest absolute Gasteiger partial charge is 0.481 e. The Kier molecular flexibility index (Phi) is 9.50. The topological polar surface area (TPSA) is 247 Å². The van der Waals surface area contributed by atoms with E-state index in [1.807, 2.05) is 24.3 Å². The van der Waals surface area contributed by atoms with Crippen LogP contribution in [0.5, 0.6) is 0 Å². The van der Waals surface area contributed by atoms with Crippen molar-refractivity contribution in [2.24, 2.45) is 11.5 Å². The highest BCUT2D eigenvalue weighted by molar-refractivity contribution is 5.97. The van der Waals surface area contributed by atoms with Gasteiger partial charge in [-0.15, -0.1) is 0 Å². The molecule has 10 N–H and O–H groups in total. The molecule has 0 aliphatic carbocycles. The van der Waals surface area contributed by atoms with E-state index in [1.165, 1.54) is 0 Å². The van der Waals surface area contributed by atoms with Crippen molar-refractivity contribution in [2.45, 2.75) is 50.4 Å². The molecule has 14 nitrogen and oxygen atoms in total. The number of aliphatic carboxylic acids is 2. The van der Waals surface area contributed by atoms with E-state index in [4.69, 9.17) is 16.6 Å². The molecule has 0 bridgehead atoms. The maximum atomic E-state index is 12.8. The molecule has 36 heavy (non-hydrogen) atoms. The van der Waals surface area contributed by atoms with E-state index in [9.17, 15) is 33.9 Å². The number of amides is 4. The molecule has 1 aromatic heterocycles. The third kappa shape index (κ3) is 7.80. The van der Waals surface area contributed by atoms with Gasteiger partial charge < -0.3 is 42.6 Å². The van der Waals surface area contributed by atoms with Crippen LogP contribution < -0.4 is 27.4 Å². The highest BCUT2D eigenvalue weighted by atomic mass is 16.4. The molecule has 0 spiro atoms. The van der Waals surface area contributed by atoms with Crippen molar-refractivity contribution in [3.05, 3.63) is 36.0 Å². The van der Waals surface area contributed by atoms with Crippen molar-refractivity contribution in [3.63, 3.8) is 0 Å². The van der Waals surface area contributed by atoms with Crippen LogP contribution in [0.4, 0.5) is 0 Å². The second-order valence-corrected chi connectivity index (χ2v) is 8.13. The number of benzene rings is 1. The molecule has 4 unspecified atom stereocenters. The molecule has 2 aromatic rings. The van der Waals surface area contributed by atoms with Crippen molar-refractivity contribution in [1.29, 1.82) is 0 Å². The van der Waals surface area contributed by atoms with E-state index in [-0.39, 0.29) is 6.42 Å². The molecule has 1 aromatic carbocycles. The monoisotopic (exact) mass is 504 g/mol. The van der Waals surface area contributed by atoms with Gasteiger partial charge in [0, 0.05) is 17.1 Å². The minimum Gasteiger partial charge on any atom is -0.481 e. The smallest absolute Gasteiger partial charge is 0.325 e. The molecule has 0 radical (unpaired) electrons. The van der Waals surface area contributed by atoms with Crippen molar-refractivity contribution < 1.29 is 39.0 Å². The lowest BCUT2D eigenvalue weighted by atomic mass is 10.0. The molecule has 0 fully saturated rings. The van der Waals surface area contributed by atoms with Gasteiger partial charge in [0.1, 0.15) is 18.1 Å². The van der Waals surface area contributed by atoms with Gasteiger partial charge in [0.2, 0.25) is 23.6 Å². The lowest BCUT2D eigenvalue weighted by molar-refractivity contribution is -0.143. The van der Waals surface area contributed by atoms with Crippen LogP contribution in [-0.4, -0.2) is 74.9 Å². The summed E-state index contributed by atoms with van der Waals surface area (Å²) in [5, 5.41) is 25.5. The Bertz CT molecular complexity index is 1160. The summed E-state index contributed by atoms with van der Waals surface area (Å²) in [7, 11) is 0. The van der Waals surface area contributed by atoms with Crippen LogP contribution in [0.25, 0.3) is 10.9 Å². The van der Waals surface area contributed by atoms with Gasteiger partial charge in [0.25, 0.3) is 0 Å². The summed E-state index contributed by atoms with van der Waals surface area (Å²) < 4.78 is 0. The molecule has 4 atom stereocenters. The average molecular weight is 505 g/mol. The molecule has 194 valence electrons. The van der Waals surface area contributed by atoms with Gasteiger partial charge in [-0.25, -0.2) is 0 Å². The summed E-state index contributed by atoms with van der Waals surface area (Å²) in [5.74, 6) is -6.75. The first-order valence-electron chi connectivity index (χ1n) is 10.8. The number of nitrogens with one attached hydrogen (secondary N) is 4. The van der Waals surface area contributed by atoms with Crippen molar-refractivity contribution >= 4 is 46.5 Å². The molecule has 1 heterocycles. The highest BCUT2D eigenvalue weighted by Crippen LogP contribution is 2.18. The minimum absolute atomic E-state index is 0.0804. The van der Waals surface area contributed by atoms with Crippen molar-refractivity contribution in [3.8, 4) is 0 Å². The van der Waals surface area contributed by atoms with Crippen LogP contribution >= 0.6 is 0 Å². The van der Waals surface area contributed by atoms with Crippen molar-refractivity contribution in [1.82, 2.24) is 20.9 Å². The standard InChI is InChI=1S/C22H28N6O8/c1-10(22(35)36)26-20(33)15(7-17(24)29)28-21(34)16(8-18(30)31)27-19(32)13(23)6-11-9-25-14-5-3-2-4-12(11)14/h2-5,9-10,13,15-16,25H,6-8,23H2,1H3,(H2,24,29)(H,26,33)(H,27,32)(H,28,34)(H,30,31)(H,35,36). The maximum absolute atomic E-state index is 12.8. The van der Waals surface area contributed by atoms with E-state index in [0.717, 1.165) is 23.4 Å². The van der Waals surface area contributed by atoms with Gasteiger partial charge in [-0.2, -0.15) is 0 Å². The Labute approximate surface area is 204 Å². The van der Waals surface area contributed by atoms with Crippen LogP contribution in [0.15, 0.2) is 30.5 Å². The fourth-order valence-electron chi connectivity index (χ4n) is 3.35. The maximum Gasteiger partial charge on any atom is 0.325 e. The highest BCUT2D eigenvalue weighted by Gasteiger charge is 2.31. The zero-order valence-corrected chi connectivity index (χ0v) is 19.3. The minimum atomic E-state index is -1.65. The predicted octanol–water partition coefficient (Wildman–Crippen LogP) is -2.05. The number of carbonyl (C=O) groups excluding carboxylic acids is 4. The number of hydrogen-bond donors (Lipinski definition) is 8. The number of rotatable bonds is 13. The average Bonchev–Trinajstić information content (AvgIpc) is 3.20. The normalized spacial score (nSPS) is 14.2. The molecule has 4 amide bonds. The van der Waals surface area contributed by atoms with E-state index < -0.39 is 72.6 Å². The lowest BCUT2D eigenvalue weighted by Gasteiger charge is -2.23. The number of carboxylic acid groups (broad SMARTS) is 2. The number of aromatic nitrogens is 1. The van der Waals surface area contributed by atoms with Crippen molar-refractivity contribution in [2.75, 3.05) is 0 Å². The molecule has 14 heteroatoms. The summed E-state index contributed by atoms with van der Waals surface area (Å²) in [5.41, 5.74) is 12.7. The predicted molar refractivity (Wildman–Crippen MR) is 125 cm³/mol. The fourth-order valence-corrected chi connectivity index (χ4v) is 3.35. The molecule has 0 aliphatic rings. The van der Waals surface area contributed by atoms with Gasteiger partial charge in [0.05, 0.1) is 18.9 Å². The number of para-hydroxylation sites is 1. The fraction of sp³-hybridized carbons (Fsp3) is 0.364. The first-order valence-corrected chi connectivity index (χ1v) is 10.8. The third-order valence-corrected chi connectivity index (χ3v) is 5.23. The summed E-state index contributed by atoms with van der Waals surface area (Å²) in [6, 6.07) is 1.58. The van der Waals surface area contributed by atoms with E-state index >= 15 is 0 Å². The summed E-state index contributed by atoms with van der Waals surface area (Å²) in [6.45, 7) is 1.16. The van der Waals surface area contributed by atoms with Gasteiger partial charge >= 0.3 is 11.9 Å². The van der Waals surface area contributed by atoms with Crippen LogP contribution in [0.3, 0.4) is 0 Å². The number of carboxylic acids is 2. The number of fused-ring (bicyclic) bond motifs is 1. The zero-order chi connectivity index (χ0) is 27.0. The Balaban J connectivity index is 2.12. The number of aromatic amines is 1. The molecular formula is C22H28N6O8. The number of carbonyl (C=O) groups is 6. The van der Waals surface area contributed by atoms with Gasteiger partial charge in [0.15, 0.2) is 0 Å². The number of hydrogen-bond acceptors (Lipinski definition) is 7. The molecular weight excluding hydrogens is 476 g/mol. The second kappa shape index (κ2) is 12.3. The Morgan fingerprint density at radius 2 is 1.50 bits per heavy atom. The summed E-state index contributed by atoms with van der Waals surface area (Å²) in [6.07, 6.45) is 0.215. The lowest BCUT2D eigenvalue weighted by Crippen LogP contribution is -2.58. The van der Waals surface area contributed by atoms with Gasteiger partial charge in [-0.3, -0.25) is 28.8 Å². The molecule has 0 aliphatic heterocycles. The van der Waals surface area contributed by atoms with Gasteiger partial charge in [-0.05, 0) is 25.0 Å². The second-order valence-electron chi connectivity index (χ2n) is 8.13. The van der Waals surface area contributed by atoms with E-state index in [1.54, 1.807) is 6.20 Å². The number of H-pyrrole nitrogens is 1. The van der Waals surface area contributed by atoms with Crippen LogP contribution in [-0.2, 0) is 35.2 Å². The first kappa shape index (κ1) is 27.8. The molecule has 0 saturated heterocycles. The third-order valence-electron chi connectivity index (χ3n) is 5.23. The van der Waals surface area contributed by atoms with E-state index in [2.05, 4.69) is 20.9 Å². The molecule has 2 rings (SSSR count). The Morgan fingerprint density at radius 3 is 2.11 bits per heavy atom. The summed E-state index contributed by atoms with van der Waals surface area (Å²) >= 11 is 0. The Morgan fingerprint density at radius 1 is 0.917 bits per heavy atom. The van der Waals surface area contributed by atoms with Gasteiger partial charge in [-0.1, -0.05) is 18.2 Å². The summed E-state index contributed by atoms with van der Waals surface area (Å²) in [4.78, 5) is 74.5. The first-order chi connectivity index (χ1) is 16.9. The van der Waals surface area contributed by atoms with E-state index in [0.29, 0.717) is 0 Å². The zero-order valence-electron chi connectivity index (χ0n) is 19.3. The van der Waals surface area contributed by atoms with Crippen LogP contribution in [0, 0.1) is 0 Å².